The van der Waals surface area contributed by atoms with E-state index in [1.54, 1.807) is 0 Å². The summed E-state index contributed by atoms with van der Waals surface area (Å²) in [4.78, 5) is 8.73. The lowest BCUT2D eigenvalue weighted by Crippen LogP contribution is -2.64. The van der Waals surface area contributed by atoms with E-state index in [1.807, 2.05) is 0 Å². The fourth-order valence-electron chi connectivity index (χ4n) is 1.18. The van der Waals surface area contributed by atoms with Gasteiger partial charge in [0.05, 0.1) is 0 Å². The zero-order valence-corrected chi connectivity index (χ0v) is 10.1. The van der Waals surface area contributed by atoms with Gasteiger partial charge in [-0.3, -0.25) is 26.2 Å². The number of hydrazine groups is 2. The predicted molar refractivity (Wildman–Crippen MR) is 67.0 cm³/mol. The van der Waals surface area contributed by atoms with Crippen molar-refractivity contribution >= 4 is 11.9 Å². The second-order valence-corrected chi connectivity index (χ2v) is 3.67. The third-order valence-electron chi connectivity index (χ3n) is 2.16. The Bertz CT molecular complexity index is 224. The minimum Gasteiger partial charge on any atom is -0.295 e. The van der Waals surface area contributed by atoms with Gasteiger partial charge in [0.25, 0.3) is 0 Å². The Morgan fingerprint density at radius 2 is 1.38 bits per heavy atom. The molecule has 0 aromatic heterocycles. The van der Waals surface area contributed by atoms with E-state index in [2.05, 4.69) is 45.5 Å². The molecule has 16 heavy (non-hydrogen) atoms. The molecular weight excluding hydrogens is 204 g/mol. The van der Waals surface area contributed by atoms with E-state index in [4.69, 9.17) is 0 Å². The van der Waals surface area contributed by atoms with Crippen molar-refractivity contribution < 1.29 is 0 Å². The van der Waals surface area contributed by atoms with E-state index < -0.39 is 0 Å². The van der Waals surface area contributed by atoms with E-state index in [1.165, 1.54) is 0 Å². The third-order valence-corrected chi connectivity index (χ3v) is 2.16. The van der Waals surface area contributed by atoms with Gasteiger partial charge in [0.2, 0.25) is 11.9 Å². The van der Waals surface area contributed by atoms with Crippen molar-refractivity contribution in [3.05, 3.63) is 0 Å². The van der Waals surface area contributed by atoms with Gasteiger partial charge < -0.3 is 0 Å². The van der Waals surface area contributed by atoms with Gasteiger partial charge in [-0.2, -0.15) is 0 Å². The van der Waals surface area contributed by atoms with Crippen molar-refractivity contribution in [1.29, 1.82) is 0 Å². The zero-order valence-electron chi connectivity index (χ0n) is 10.1. The molecule has 1 fully saturated rings. The van der Waals surface area contributed by atoms with Gasteiger partial charge in [-0.15, -0.1) is 5.53 Å². The van der Waals surface area contributed by atoms with Crippen LogP contribution in [0.4, 0.5) is 0 Å². The van der Waals surface area contributed by atoms with Crippen molar-refractivity contribution in [3.8, 4) is 0 Å². The lowest BCUT2D eigenvalue weighted by atomic mass is 10.3. The molecule has 1 aliphatic heterocycles. The highest BCUT2D eigenvalue weighted by atomic mass is 15.7. The van der Waals surface area contributed by atoms with Crippen LogP contribution in [0.5, 0.6) is 0 Å². The molecule has 0 aliphatic carbocycles. The van der Waals surface area contributed by atoms with Crippen LogP contribution in [-0.4, -0.2) is 25.0 Å². The van der Waals surface area contributed by atoms with E-state index >= 15 is 0 Å². The van der Waals surface area contributed by atoms with Crippen LogP contribution in [0.3, 0.4) is 0 Å². The summed E-state index contributed by atoms with van der Waals surface area (Å²) in [6.45, 7) is 5.96. The molecule has 4 N–H and O–H groups in total. The van der Waals surface area contributed by atoms with Crippen LogP contribution >= 0.6 is 0 Å². The van der Waals surface area contributed by atoms with Crippen LogP contribution in [0.15, 0.2) is 9.98 Å². The molecule has 6 nitrogen and oxygen atoms in total. The Labute approximate surface area is 96.9 Å². The van der Waals surface area contributed by atoms with E-state index in [0.29, 0.717) is 0 Å². The smallest absolute Gasteiger partial charge is 0.214 e. The third kappa shape index (κ3) is 4.97. The number of hydrogen-bond donors (Lipinski definition) is 4. The highest BCUT2D eigenvalue weighted by Crippen LogP contribution is 1.89. The van der Waals surface area contributed by atoms with Gasteiger partial charge in [0, 0.05) is 13.1 Å². The van der Waals surface area contributed by atoms with Crippen molar-refractivity contribution in [2.75, 3.05) is 13.1 Å². The zero-order chi connectivity index (χ0) is 11.6. The minimum absolute atomic E-state index is 0.724. The number of unbranched alkanes of at least 4 members (excludes halogenated alkanes) is 2. The molecule has 0 atom stereocenters. The van der Waals surface area contributed by atoms with E-state index in [0.717, 1.165) is 50.7 Å². The average Bonchev–Trinajstić information content (AvgIpc) is 2.30. The first kappa shape index (κ1) is 12.8. The van der Waals surface area contributed by atoms with Crippen LogP contribution in [-0.2, 0) is 0 Å². The predicted octanol–water partition coefficient (Wildman–Crippen LogP) is 0.501. The summed E-state index contributed by atoms with van der Waals surface area (Å²) in [5, 5.41) is 3.09. The molecule has 0 amide bonds. The molecule has 0 bridgehead atoms. The number of nitrogens with zero attached hydrogens (tertiary/aromatic N) is 2. The minimum atomic E-state index is 0.724. The summed E-state index contributed by atoms with van der Waals surface area (Å²) >= 11 is 0. The Morgan fingerprint density at radius 1 is 0.875 bits per heavy atom. The van der Waals surface area contributed by atoms with Crippen molar-refractivity contribution in [2.24, 2.45) is 9.98 Å². The quantitative estimate of drug-likeness (QED) is 0.498. The molecule has 6 heteroatoms. The molecule has 1 saturated heterocycles. The SMILES string of the molecule is CCCCN=C1NNNC(=NCCCC)N1. The topological polar surface area (TPSA) is 72.8 Å². The second kappa shape index (κ2) is 7.92. The standard InChI is InChI=1S/C10H22N6/c1-3-5-7-11-9-13-10(15-16-14-9)12-8-6-4-2/h16H,3-8H2,1-2H3,(H3,11,12,13,14,15). The molecule has 0 aromatic carbocycles. The van der Waals surface area contributed by atoms with Gasteiger partial charge in [0.1, 0.15) is 0 Å². The number of nitrogens with one attached hydrogen (secondary N) is 4. The Balaban J connectivity index is 2.34. The molecule has 92 valence electrons. The van der Waals surface area contributed by atoms with Gasteiger partial charge in [-0.25, -0.2) is 0 Å². The van der Waals surface area contributed by atoms with E-state index in [-0.39, 0.29) is 0 Å². The van der Waals surface area contributed by atoms with Crippen LogP contribution in [0.2, 0.25) is 0 Å². The molecule has 1 rings (SSSR count). The first-order valence-corrected chi connectivity index (χ1v) is 5.99. The Morgan fingerprint density at radius 3 is 1.81 bits per heavy atom. The van der Waals surface area contributed by atoms with Crippen LogP contribution in [0.1, 0.15) is 39.5 Å². The molecule has 0 saturated carbocycles. The highest BCUT2D eigenvalue weighted by molar-refractivity contribution is 5.99. The van der Waals surface area contributed by atoms with Crippen LogP contribution in [0, 0.1) is 0 Å². The number of rotatable bonds is 6. The van der Waals surface area contributed by atoms with Gasteiger partial charge in [0.15, 0.2) is 0 Å². The Kier molecular flexibility index (Phi) is 6.32. The summed E-state index contributed by atoms with van der Waals surface area (Å²) in [6.07, 6.45) is 4.50. The maximum absolute atomic E-state index is 4.36. The molecular formula is C10H22N6. The number of hydrogen-bond acceptors (Lipinski definition) is 3. The number of guanidine groups is 2. The molecule has 1 heterocycles. The lowest BCUT2D eigenvalue weighted by Gasteiger charge is -2.22. The van der Waals surface area contributed by atoms with Crippen LogP contribution < -0.4 is 21.7 Å². The summed E-state index contributed by atoms with van der Waals surface area (Å²) in [5.41, 5.74) is 8.61. The molecule has 0 unspecified atom stereocenters. The Hall–Kier alpha value is -1.30. The summed E-state index contributed by atoms with van der Waals surface area (Å²) in [6, 6.07) is 0. The average molecular weight is 226 g/mol. The van der Waals surface area contributed by atoms with Gasteiger partial charge in [-0.1, -0.05) is 26.7 Å². The fraction of sp³-hybridized carbons (Fsp3) is 0.800. The summed E-state index contributed by atoms with van der Waals surface area (Å²) < 4.78 is 0. The lowest BCUT2D eigenvalue weighted by molar-refractivity contribution is 0.567. The number of aliphatic imine (C=N–C) groups is 2. The summed E-state index contributed by atoms with van der Waals surface area (Å²) in [7, 11) is 0. The second-order valence-electron chi connectivity index (χ2n) is 3.67. The molecule has 1 aliphatic rings. The first-order valence-electron chi connectivity index (χ1n) is 5.99. The van der Waals surface area contributed by atoms with Crippen molar-refractivity contribution in [3.63, 3.8) is 0 Å². The van der Waals surface area contributed by atoms with Gasteiger partial charge in [-0.05, 0) is 12.8 Å². The first-order chi connectivity index (χ1) is 7.86. The monoisotopic (exact) mass is 226 g/mol. The maximum Gasteiger partial charge on any atom is 0.214 e. The van der Waals surface area contributed by atoms with Gasteiger partial charge >= 0.3 is 0 Å². The van der Waals surface area contributed by atoms with Crippen molar-refractivity contribution in [1.82, 2.24) is 21.7 Å². The largest absolute Gasteiger partial charge is 0.295 e. The van der Waals surface area contributed by atoms with Crippen LogP contribution in [0.25, 0.3) is 0 Å². The molecule has 0 spiro atoms. The van der Waals surface area contributed by atoms with Crippen molar-refractivity contribution in [2.45, 2.75) is 39.5 Å². The normalized spacial score (nSPS) is 20.4. The fourth-order valence-corrected chi connectivity index (χ4v) is 1.18. The molecule has 0 aromatic rings. The highest BCUT2D eigenvalue weighted by Gasteiger charge is 2.08. The molecule has 0 radical (unpaired) electrons. The summed E-state index contributed by atoms with van der Waals surface area (Å²) in [5.74, 6) is 1.45. The van der Waals surface area contributed by atoms with E-state index in [9.17, 15) is 0 Å². The maximum atomic E-state index is 4.36.